The van der Waals surface area contributed by atoms with Crippen molar-refractivity contribution >= 4 is 29.0 Å². The second-order valence-corrected chi connectivity index (χ2v) is 6.86. The van der Waals surface area contributed by atoms with Crippen molar-refractivity contribution in [2.45, 2.75) is 13.5 Å². The standard InChI is InChI=1S/C20H16ClFN6O2/c1-11-16(25-20(30-11)12-5-3-2-4-6-12)10-28-18(23)17(26-27-28)19(29)24-13-7-8-15(22)14(21)9-13/h2-9H,10,23H2,1H3,(H,24,29). The van der Waals surface area contributed by atoms with E-state index in [0.717, 1.165) is 11.6 Å². The number of hydrogen-bond acceptors (Lipinski definition) is 6. The predicted molar refractivity (Wildman–Crippen MR) is 110 cm³/mol. The molecule has 0 aliphatic carbocycles. The fraction of sp³-hybridized carbons (Fsp3) is 0.100. The molecule has 0 aliphatic rings. The van der Waals surface area contributed by atoms with Gasteiger partial charge in [0.25, 0.3) is 5.91 Å². The number of rotatable bonds is 5. The van der Waals surface area contributed by atoms with E-state index in [1.165, 1.54) is 16.8 Å². The average molecular weight is 427 g/mol. The minimum atomic E-state index is -0.594. The monoisotopic (exact) mass is 426 g/mol. The lowest BCUT2D eigenvalue weighted by Crippen LogP contribution is -2.15. The summed E-state index contributed by atoms with van der Waals surface area (Å²) in [6.07, 6.45) is 0. The van der Waals surface area contributed by atoms with Crippen LogP contribution in [0.25, 0.3) is 11.5 Å². The van der Waals surface area contributed by atoms with Gasteiger partial charge in [-0.25, -0.2) is 14.1 Å². The molecule has 0 spiro atoms. The van der Waals surface area contributed by atoms with Crippen molar-refractivity contribution in [1.29, 1.82) is 0 Å². The zero-order valence-electron chi connectivity index (χ0n) is 15.8. The van der Waals surface area contributed by atoms with Gasteiger partial charge in [-0.2, -0.15) is 0 Å². The number of nitrogens with zero attached hydrogens (tertiary/aromatic N) is 4. The van der Waals surface area contributed by atoms with Gasteiger partial charge in [0.15, 0.2) is 11.5 Å². The SMILES string of the molecule is Cc1oc(-c2ccccc2)nc1Cn1nnc(C(=O)Nc2ccc(F)c(Cl)c2)c1N. The minimum Gasteiger partial charge on any atom is -0.441 e. The van der Waals surface area contributed by atoms with Crippen molar-refractivity contribution in [1.82, 2.24) is 20.0 Å². The predicted octanol–water partition coefficient (Wildman–Crippen LogP) is 3.92. The molecule has 0 saturated heterocycles. The molecule has 0 aliphatic heterocycles. The molecule has 2 aromatic heterocycles. The molecule has 30 heavy (non-hydrogen) atoms. The summed E-state index contributed by atoms with van der Waals surface area (Å²) in [7, 11) is 0. The maximum absolute atomic E-state index is 13.3. The summed E-state index contributed by atoms with van der Waals surface area (Å²) in [6, 6.07) is 13.3. The maximum Gasteiger partial charge on any atom is 0.280 e. The fourth-order valence-electron chi connectivity index (χ4n) is 2.78. The number of aryl methyl sites for hydroxylation is 1. The van der Waals surface area contributed by atoms with E-state index in [2.05, 4.69) is 20.6 Å². The van der Waals surface area contributed by atoms with Gasteiger partial charge < -0.3 is 15.5 Å². The van der Waals surface area contributed by atoms with Crippen molar-refractivity contribution in [3.63, 3.8) is 0 Å². The highest BCUT2D eigenvalue weighted by Gasteiger charge is 2.20. The van der Waals surface area contributed by atoms with Crippen molar-refractivity contribution < 1.29 is 13.6 Å². The number of anilines is 2. The van der Waals surface area contributed by atoms with Crippen LogP contribution < -0.4 is 11.1 Å². The van der Waals surface area contributed by atoms with Crippen LogP contribution in [0.1, 0.15) is 21.9 Å². The lowest BCUT2D eigenvalue weighted by Gasteiger charge is -2.05. The van der Waals surface area contributed by atoms with Crippen LogP contribution in [0.2, 0.25) is 5.02 Å². The van der Waals surface area contributed by atoms with Crippen molar-refractivity contribution in [2.75, 3.05) is 11.1 Å². The first-order chi connectivity index (χ1) is 14.4. The third-order valence-corrected chi connectivity index (χ3v) is 4.67. The maximum atomic E-state index is 13.3. The second kappa shape index (κ2) is 7.96. The van der Waals surface area contributed by atoms with Crippen molar-refractivity contribution in [3.05, 3.63) is 76.5 Å². The average Bonchev–Trinajstić information content (AvgIpc) is 3.29. The summed E-state index contributed by atoms with van der Waals surface area (Å²) in [5, 5.41) is 10.2. The lowest BCUT2D eigenvalue weighted by molar-refractivity contribution is 0.102. The number of carbonyl (C=O) groups is 1. The van der Waals surface area contributed by atoms with Crippen LogP contribution in [0.15, 0.2) is 52.9 Å². The highest BCUT2D eigenvalue weighted by molar-refractivity contribution is 6.31. The van der Waals surface area contributed by atoms with E-state index in [9.17, 15) is 9.18 Å². The summed E-state index contributed by atoms with van der Waals surface area (Å²) in [6.45, 7) is 1.96. The number of aromatic nitrogens is 4. The smallest absolute Gasteiger partial charge is 0.280 e. The van der Waals surface area contributed by atoms with Gasteiger partial charge in [0, 0.05) is 11.3 Å². The first-order valence-electron chi connectivity index (χ1n) is 8.89. The van der Waals surface area contributed by atoms with Gasteiger partial charge in [0.05, 0.1) is 11.6 Å². The number of oxazole rings is 1. The Labute approximate surface area is 175 Å². The molecule has 3 N–H and O–H groups in total. The van der Waals surface area contributed by atoms with E-state index in [1.54, 1.807) is 6.92 Å². The molecule has 2 aromatic carbocycles. The first-order valence-corrected chi connectivity index (χ1v) is 9.27. The van der Waals surface area contributed by atoms with Gasteiger partial charge in [-0.05, 0) is 37.3 Å². The third-order valence-electron chi connectivity index (χ3n) is 4.38. The van der Waals surface area contributed by atoms with Gasteiger partial charge in [-0.15, -0.1) is 5.10 Å². The molecule has 4 rings (SSSR count). The Morgan fingerprint density at radius 1 is 1.27 bits per heavy atom. The number of nitrogens with one attached hydrogen (secondary N) is 1. The molecule has 0 radical (unpaired) electrons. The van der Waals surface area contributed by atoms with Crippen LogP contribution >= 0.6 is 11.6 Å². The Bertz CT molecular complexity index is 1220. The van der Waals surface area contributed by atoms with E-state index in [1.807, 2.05) is 30.3 Å². The summed E-state index contributed by atoms with van der Waals surface area (Å²) < 4.78 is 20.4. The summed E-state index contributed by atoms with van der Waals surface area (Å²) >= 11 is 5.73. The Kier molecular flexibility index (Phi) is 5.20. The van der Waals surface area contributed by atoms with Gasteiger partial charge in [0.1, 0.15) is 17.3 Å². The van der Waals surface area contributed by atoms with Crippen LogP contribution in [0, 0.1) is 12.7 Å². The van der Waals surface area contributed by atoms with E-state index in [-0.39, 0.29) is 23.1 Å². The molecule has 0 fully saturated rings. The number of benzene rings is 2. The Hall–Kier alpha value is -3.72. The zero-order chi connectivity index (χ0) is 21.3. The summed E-state index contributed by atoms with van der Waals surface area (Å²) in [4.78, 5) is 17.0. The molecule has 0 atom stereocenters. The number of halogens is 2. The fourth-order valence-corrected chi connectivity index (χ4v) is 2.96. The Morgan fingerprint density at radius 2 is 2.03 bits per heavy atom. The van der Waals surface area contributed by atoms with E-state index < -0.39 is 11.7 Å². The third kappa shape index (κ3) is 3.87. The largest absolute Gasteiger partial charge is 0.441 e. The first kappa shape index (κ1) is 19.6. The molecule has 0 saturated carbocycles. The normalized spacial score (nSPS) is 10.9. The molecule has 2 heterocycles. The number of hydrogen-bond donors (Lipinski definition) is 2. The highest BCUT2D eigenvalue weighted by atomic mass is 35.5. The molecule has 0 bridgehead atoms. The van der Waals surface area contributed by atoms with E-state index in [0.29, 0.717) is 23.0 Å². The molecule has 0 unspecified atom stereocenters. The number of carbonyl (C=O) groups excluding carboxylic acids is 1. The molecule has 10 heteroatoms. The van der Waals surface area contributed by atoms with E-state index in [4.69, 9.17) is 21.8 Å². The second-order valence-electron chi connectivity index (χ2n) is 6.45. The number of amides is 1. The summed E-state index contributed by atoms with van der Waals surface area (Å²) in [5.41, 5.74) is 7.75. The molecule has 4 aromatic rings. The molecular weight excluding hydrogens is 411 g/mol. The van der Waals surface area contributed by atoms with Crippen molar-refractivity contribution in [3.8, 4) is 11.5 Å². The van der Waals surface area contributed by atoms with Gasteiger partial charge in [0.2, 0.25) is 5.89 Å². The minimum absolute atomic E-state index is 0.0596. The molecule has 152 valence electrons. The number of nitrogen functional groups attached to an aromatic ring is 1. The van der Waals surface area contributed by atoms with Crippen LogP contribution in [0.4, 0.5) is 15.9 Å². The van der Waals surface area contributed by atoms with Crippen LogP contribution in [0.3, 0.4) is 0 Å². The van der Waals surface area contributed by atoms with Crippen LogP contribution in [-0.4, -0.2) is 25.9 Å². The number of nitrogens with two attached hydrogens (primary N) is 1. The molecule has 1 amide bonds. The van der Waals surface area contributed by atoms with Crippen LogP contribution in [-0.2, 0) is 6.54 Å². The van der Waals surface area contributed by atoms with Gasteiger partial charge in [-0.1, -0.05) is 35.0 Å². The quantitative estimate of drug-likeness (QED) is 0.500. The zero-order valence-corrected chi connectivity index (χ0v) is 16.5. The van der Waals surface area contributed by atoms with Gasteiger partial charge >= 0.3 is 0 Å². The Balaban J connectivity index is 1.53. The van der Waals surface area contributed by atoms with Crippen LogP contribution in [0.5, 0.6) is 0 Å². The lowest BCUT2D eigenvalue weighted by atomic mass is 10.2. The molecular formula is C20H16ClFN6O2. The topological polar surface area (TPSA) is 112 Å². The van der Waals surface area contributed by atoms with Gasteiger partial charge in [-0.3, -0.25) is 4.79 Å². The summed E-state index contributed by atoms with van der Waals surface area (Å²) in [5.74, 6) is -0.0331. The van der Waals surface area contributed by atoms with Crippen molar-refractivity contribution in [2.24, 2.45) is 0 Å². The highest BCUT2D eigenvalue weighted by Crippen LogP contribution is 2.23. The Morgan fingerprint density at radius 3 is 2.77 bits per heavy atom. The molecule has 8 nitrogen and oxygen atoms in total. The van der Waals surface area contributed by atoms with E-state index >= 15 is 0 Å².